The van der Waals surface area contributed by atoms with Gasteiger partial charge in [0.25, 0.3) is 0 Å². The Labute approximate surface area is 108 Å². The molecule has 0 aliphatic heterocycles. The highest BCUT2D eigenvalue weighted by atomic mass is 79.9. The van der Waals surface area contributed by atoms with Crippen molar-refractivity contribution in [2.75, 3.05) is 0 Å². The normalized spacial score (nSPS) is 13.2. The summed E-state index contributed by atoms with van der Waals surface area (Å²) in [5.41, 5.74) is -0.661. The minimum absolute atomic E-state index is 0.199. The van der Waals surface area contributed by atoms with E-state index in [2.05, 4.69) is 15.9 Å². The number of ketones is 2. The molecule has 0 aliphatic carbocycles. The van der Waals surface area contributed by atoms with Crippen molar-refractivity contribution in [1.29, 1.82) is 0 Å². The summed E-state index contributed by atoms with van der Waals surface area (Å²) >= 11 is 3.20. The molecule has 2 nitrogen and oxygen atoms in total. The van der Waals surface area contributed by atoms with Crippen LogP contribution in [0.5, 0.6) is 0 Å². The molecular weight excluding hydrogens is 287 g/mol. The van der Waals surface area contributed by atoms with Gasteiger partial charge in [0.15, 0.2) is 5.78 Å². The summed E-state index contributed by atoms with van der Waals surface area (Å²) in [6.45, 7) is 4.78. The van der Waals surface area contributed by atoms with E-state index in [-0.39, 0.29) is 5.56 Å². The van der Waals surface area contributed by atoms with Crippen LogP contribution in [0.2, 0.25) is 0 Å². The highest BCUT2D eigenvalue weighted by Crippen LogP contribution is 2.22. The molecule has 0 saturated carbocycles. The van der Waals surface area contributed by atoms with E-state index in [0.29, 0.717) is 4.47 Å². The molecule has 0 radical (unpaired) electrons. The Balaban J connectivity index is 2.95. The van der Waals surface area contributed by atoms with Gasteiger partial charge in [-0.2, -0.15) is 0 Å². The first kappa shape index (κ1) is 14.0. The third-order valence-corrected chi connectivity index (χ3v) is 2.80. The SMILES string of the molecule is CC(C)(C)C(=O)C(F)C(=O)c1cccc(Br)c1. The summed E-state index contributed by atoms with van der Waals surface area (Å²) < 4.78 is 14.5. The molecule has 1 rings (SSSR count). The Morgan fingerprint density at radius 3 is 2.35 bits per heavy atom. The van der Waals surface area contributed by atoms with Gasteiger partial charge in [0.2, 0.25) is 12.0 Å². The van der Waals surface area contributed by atoms with Crippen molar-refractivity contribution in [3.8, 4) is 0 Å². The molecule has 1 atom stereocenters. The standard InChI is InChI=1S/C13H14BrFO2/c1-13(2,3)12(17)10(15)11(16)8-5-4-6-9(14)7-8/h4-7,10H,1-3H3. The fourth-order valence-electron chi connectivity index (χ4n) is 1.29. The van der Waals surface area contributed by atoms with E-state index >= 15 is 0 Å². The number of carbonyl (C=O) groups excluding carboxylic acids is 2. The van der Waals surface area contributed by atoms with Crippen molar-refractivity contribution in [3.63, 3.8) is 0 Å². The first-order valence-corrected chi connectivity index (χ1v) is 6.01. The maximum atomic E-state index is 13.8. The lowest BCUT2D eigenvalue weighted by Crippen LogP contribution is -2.35. The van der Waals surface area contributed by atoms with Gasteiger partial charge in [-0.1, -0.05) is 48.8 Å². The summed E-state index contributed by atoms with van der Waals surface area (Å²) in [6, 6.07) is 6.36. The van der Waals surface area contributed by atoms with Crippen LogP contribution in [0.25, 0.3) is 0 Å². The number of alkyl halides is 1. The first-order valence-electron chi connectivity index (χ1n) is 5.21. The van der Waals surface area contributed by atoms with E-state index in [1.54, 1.807) is 32.9 Å². The Kier molecular flexibility index (Phi) is 4.20. The van der Waals surface area contributed by atoms with Crippen LogP contribution in [0, 0.1) is 5.41 Å². The molecule has 0 amide bonds. The maximum Gasteiger partial charge on any atom is 0.221 e. The molecule has 0 spiro atoms. The number of rotatable bonds is 3. The molecule has 17 heavy (non-hydrogen) atoms. The van der Waals surface area contributed by atoms with Crippen LogP contribution in [-0.2, 0) is 4.79 Å². The molecule has 0 heterocycles. The second kappa shape index (κ2) is 5.08. The smallest absolute Gasteiger partial charge is 0.221 e. The summed E-state index contributed by atoms with van der Waals surface area (Å²) in [4.78, 5) is 23.4. The molecule has 0 N–H and O–H groups in total. The third kappa shape index (κ3) is 3.46. The molecular formula is C13H14BrFO2. The Hall–Kier alpha value is -1.03. The number of halogens is 2. The van der Waals surface area contributed by atoms with Crippen molar-refractivity contribution in [2.45, 2.75) is 26.9 Å². The van der Waals surface area contributed by atoms with Gasteiger partial charge in [-0.15, -0.1) is 0 Å². The fourth-order valence-corrected chi connectivity index (χ4v) is 1.69. The molecule has 0 saturated heterocycles. The zero-order valence-corrected chi connectivity index (χ0v) is 11.5. The average molecular weight is 301 g/mol. The molecule has 0 aromatic heterocycles. The zero-order chi connectivity index (χ0) is 13.2. The molecule has 1 unspecified atom stereocenters. The molecule has 1 aromatic rings. The molecule has 4 heteroatoms. The minimum Gasteiger partial charge on any atom is -0.295 e. The van der Waals surface area contributed by atoms with Crippen LogP contribution >= 0.6 is 15.9 Å². The molecule has 0 aliphatic rings. The van der Waals surface area contributed by atoms with Crippen molar-refractivity contribution >= 4 is 27.5 Å². The number of Topliss-reactive ketones (excluding diaryl/α,β-unsaturated/α-hetero) is 2. The van der Waals surface area contributed by atoms with Gasteiger partial charge in [0.1, 0.15) is 0 Å². The largest absolute Gasteiger partial charge is 0.295 e. The van der Waals surface area contributed by atoms with Crippen molar-refractivity contribution in [1.82, 2.24) is 0 Å². The predicted molar refractivity (Wildman–Crippen MR) is 67.8 cm³/mol. The third-order valence-electron chi connectivity index (χ3n) is 2.31. The quantitative estimate of drug-likeness (QED) is 0.631. The maximum absolute atomic E-state index is 13.8. The van der Waals surface area contributed by atoms with Crippen LogP contribution in [0.1, 0.15) is 31.1 Å². The monoisotopic (exact) mass is 300 g/mol. The Morgan fingerprint density at radius 2 is 1.88 bits per heavy atom. The van der Waals surface area contributed by atoms with Gasteiger partial charge in [-0.3, -0.25) is 9.59 Å². The van der Waals surface area contributed by atoms with Crippen LogP contribution < -0.4 is 0 Å². The Bertz CT molecular complexity index is 449. The van der Waals surface area contributed by atoms with E-state index in [0.717, 1.165) is 0 Å². The van der Waals surface area contributed by atoms with Crippen molar-refractivity contribution in [2.24, 2.45) is 5.41 Å². The number of hydrogen-bond acceptors (Lipinski definition) is 2. The predicted octanol–water partition coefficient (Wildman–Crippen LogP) is 3.59. The second-order valence-electron chi connectivity index (χ2n) is 4.85. The molecule has 92 valence electrons. The van der Waals surface area contributed by atoms with Crippen LogP contribution in [0.15, 0.2) is 28.7 Å². The lowest BCUT2D eigenvalue weighted by Gasteiger charge is -2.18. The van der Waals surface area contributed by atoms with Crippen LogP contribution in [-0.4, -0.2) is 17.7 Å². The fraction of sp³-hybridized carbons (Fsp3) is 0.385. The minimum atomic E-state index is -2.09. The molecule has 0 fully saturated rings. The number of carbonyl (C=O) groups is 2. The number of hydrogen-bond donors (Lipinski definition) is 0. The first-order chi connectivity index (χ1) is 7.73. The van der Waals surface area contributed by atoms with Gasteiger partial charge in [-0.05, 0) is 12.1 Å². The summed E-state index contributed by atoms with van der Waals surface area (Å²) in [7, 11) is 0. The van der Waals surface area contributed by atoms with Crippen molar-refractivity contribution in [3.05, 3.63) is 34.3 Å². The van der Waals surface area contributed by atoms with Crippen LogP contribution in [0.3, 0.4) is 0 Å². The van der Waals surface area contributed by atoms with E-state index in [4.69, 9.17) is 0 Å². The van der Waals surface area contributed by atoms with E-state index < -0.39 is 23.2 Å². The molecule has 1 aromatic carbocycles. The van der Waals surface area contributed by atoms with Crippen LogP contribution in [0.4, 0.5) is 4.39 Å². The second-order valence-corrected chi connectivity index (χ2v) is 5.77. The lowest BCUT2D eigenvalue weighted by molar-refractivity contribution is -0.129. The van der Waals surface area contributed by atoms with E-state index in [1.807, 2.05) is 0 Å². The highest BCUT2D eigenvalue weighted by Gasteiger charge is 2.35. The summed E-state index contributed by atoms with van der Waals surface area (Å²) in [6.07, 6.45) is -2.09. The summed E-state index contributed by atoms with van der Waals surface area (Å²) in [5.74, 6) is -1.48. The highest BCUT2D eigenvalue weighted by molar-refractivity contribution is 9.10. The van der Waals surface area contributed by atoms with Gasteiger partial charge in [0, 0.05) is 15.5 Å². The van der Waals surface area contributed by atoms with Gasteiger partial charge in [0.05, 0.1) is 0 Å². The van der Waals surface area contributed by atoms with Gasteiger partial charge in [-0.25, -0.2) is 4.39 Å². The topological polar surface area (TPSA) is 34.1 Å². The average Bonchev–Trinajstić information content (AvgIpc) is 2.25. The van der Waals surface area contributed by atoms with Crippen molar-refractivity contribution < 1.29 is 14.0 Å². The number of benzene rings is 1. The van der Waals surface area contributed by atoms with Gasteiger partial charge >= 0.3 is 0 Å². The van der Waals surface area contributed by atoms with Gasteiger partial charge < -0.3 is 0 Å². The Morgan fingerprint density at radius 1 is 1.29 bits per heavy atom. The lowest BCUT2D eigenvalue weighted by atomic mass is 9.86. The zero-order valence-electron chi connectivity index (χ0n) is 9.96. The molecule has 0 bridgehead atoms. The van der Waals surface area contributed by atoms with E-state index in [1.165, 1.54) is 12.1 Å². The van der Waals surface area contributed by atoms with E-state index in [9.17, 15) is 14.0 Å². The summed E-state index contributed by atoms with van der Waals surface area (Å²) in [5, 5.41) is 0.